The zero-order valence-corrected chi connectivity index (χ0v) is 8.65. The van der Waals surface area contributed by atoms with Crippen LogP contribution >= 0.6 is 0 Å². The van der Waals surface area contributed by atoms with Crippen LogP contribution in [0.5, 0.6) is 0 Å². The molecule has 1 fully saturated rings. The predicted molar refractivity (Wildman–Crippen MR) is 49.5 cm³/mol. The molecule has 2 nitrogen and oxygen atoms in total. The van der Waals surface area contributed by atoms with Crippen molar-refractivity contribution in [3.8, 4) is 0 Å². The molecule has 0 aromatic heterocycles. The van der Waals surface area contributed by atoms with E-state index < -0.39 is 12.8 Å². The van der Waals surface area contributed by atoms with E-state index in [1.807, 2.05) is 0 Å². The van der Waals surface area contributed by atoms with Crippen LogP contribution in [0.3, 0.4) is 0 Å². The minimum Gasteiger partial charge on any atom is -0.396 e. The number of rotatable bonds is 6. The van der Waals surface area contributed by atoms with Gasteiger partial charge in [-0.15, -0.1) is 0 Å². The van der Waals surface area contributed by atoms with Crippen molar-refractivity contribution in [3.63, 3.8) is 0 Å². The highest BCUT2D eigenvalue weighted by molar-refractivity contribution is 4.86. The maximum atomic E-state index is 11.7. The van der Waals surface area contributed by atoms with E-state index in [9.17, 15) is 13.2 Å². The average molecular weight is 226 g/mol. The standard InChI is InChI=1S/C10H17F3O2/c11-10(12,13)8-15-6-2-5-9(7-14)3-1-4-9/h14H,1-8H2. The Morgan fingerprint density at radius 2 is 1.93 bits per heavy atom. The maximum absolute atomic E-state index is 11.7. The van der Waals surface area contributed by atoms with Crippen molar-refractivity contribution in [2.75, 3.05) is 19.8 Å². The van der Waals surface area contributed by atoms with Crippen molar-refractivity contribution >= 4 is 0 Å². The highest BCUT2D eigenvalue weighted by Gasteiger charge is 2.35. The van der Waals surface area contributed by atoms with Crippen molar-refractivity contribution in [2.24, 2.45) is 5.41 Å². The molecule has 0 radical (unpaired) electrons. The Bertz CT molecular complexity index is 182. The Morgan fingerprint density at radius 3 is 2.33 bits per heavy atom. The lowest BCUT2D eigenvalue weighted by Gasteiger charge is -2.40. The summed E-state index contributed by atoms with van der Waals surface area (Å²) < 4.78 is 39.6. The van der Waals surface area contributed by atoms with Gasteiger partial charge >= 0.3 is 6.18 Å². The number of alkyl halides is 3. The van der Waals surface area contributed by atoms with Crippen LogP contribution in [-0.4, -0.2) is 31.1 Å². The van der Waals surface area contributed by atoms with E-state index in [0.29, 0.717) is 6.42 Å². The number of ether oxygens (including phenoxy) is 1. The summed E-state index contributed by atoms with van der Waals surface area (Å²) in [6, 6.07) is 0. The molecule has 0 atom stereocenters. The van der Waals surface area contributed by atoms with Gasteiger partial charge in [-0.3, -0.25) is 0 Å². The average Bonchev–Trinajstić information content (AvgIpc) is 2.06. The molecule has 0 saturated heterocycles. The van der Waals surface area contributed by atoms with Crippen LogP contribution in [0.15, 0.2) is 0 Å². The Hall–Kier alpha value is -0.290. The maximum Gasteiger partial charge on any atom is 0.411 e. The Balaban J connectivity index is 2.02. The second-order valence-corrected chi connectivity index (χ2v) is 4.28. The van der Waals surface area contributed by atoms with Gasteiger partial charge in [-0.2, -0.15) is 13.2 Å². The first-order chi connectivity index (χ1) is 6.97. The van der Waals surface area contributed by atoms with Gasteiger partial charge in [-0.25, -0.2) is 0 Å². The third-order valence-corrected chi connectivity index (χ3v) is 3.01. The van der Waals surface area contributed by atoms with Gasteiger partial charge in [-0.05, 0) is 31.1 Å². The SMILES string of the molecule is OCC1(CCCOCC(F)(F)F)CCC1. The van der Waals surface area contributed by atoms with Gasteiger partial charge in [0.25, 0.3) is 0 Å². The molecule has 1 saturated carbocycles. The monoisotopic (exact) mass is 226 g/mol. The first-order valence-corrected chi connectivity index (χ1v) is 5.23. The molecule has 0 aromatic carbocycles. The summed E-state index contributed by atoms with van der Waals surface area (Å²) in [7, 11) is 0. The first-order valence-electron chi connectivity index (χ1n) is 5.23. The summed E-state index contributed by atoms with van der Waals surface area (Å²) in [6.45, 7) is -0.896. The van der Waals surface area contributed by atoms with Gasteiger partial charge in [0, 0.05) is 13.2 Å². The van der Waals surface area contributed by atoms with Gasteiger partial charge in [0.05, 0.1) is 0 Å². The fraction of sp³-hybridized carbons (Fsp3) is 1.00. The molecular weight excluding hydrogens is 209 g/mol. The smallest absolute Gasteiger partial charge is 0.396 e. The number of aliphatic hydroxyl groups is 1. The van der Waals surface area contributed by atoms with Crippen LogP contribution in [0.25, 0.3) is 0 Å². The molecule has 0 aromatic rings. The quantitative estimate of drug-likeness (QED) is 0.705. The third-order valence-electron chi connectivity index (χ3n) is 3.01. The highest BCUT2D eigenvalue weighted by Crippen LogP contribution is 2.44. The van der Waals surface area contributed by atoms with E-state index in [1.54, 1.807) is 0 Å². The molecule has 0 aliphatic heterocycles. The summed E-state index contributed by atoms with van der Waals surface area (Å²) >= 11 is 0. The topological polar surface area (TPSA) is 29.5 Å². The van der Waals surface area contributed by atoms with E-state index >= 15 is 0 Å². The number of hydrogen-bond acceptors (Lipinski definition) is 2. The Kier molecular flexibility index (Phi) is 4.40. The molecule has 0 spiro atoms. The number of halogens is 3. The van der Waals surface area contributed by atoms with Crippen molar-refractivity contribution in [1.82, 2.24) is 0 Å². The molecule has 0 bridgehead atoms. The minimum absolute atomic E-state index is 0.0123. The molecule has 1 N–H and O–H groups in total. The Morgan fingerprint density at radius 1 is 1.27 bits per heavy atom. The zero-order valence-electron chi connectivity index (χ0n) is 8.65. The van der Waals surface area contributed by atoms with E-state index in [-0.39, 0.29) is 18.6 Å². The first kappa shape index (κ1) is 12.8. The van der Waals surface area contributed by atoms with Gasteiger partial charge in [0.2, 0.25) is 0 Å². The van der Waals surface area contributed by atoms with Crippen molar-refractivity contribution in [3.05, 3.63) is 0 Å². The summed E-state index contributed by atoms with van der Waals surface area (Å²) in [5, 5.41) is 9.10. The van der Waals surface area contributed by atoms with Crippen molar-refractivity contribution in [2.45, 2.75) is 38.3 Å². The van der Waals surface area contributed by atoms with Crippen LogP contribution < -0.4 is 0 Å². The summed E-state index contributed by atoms with van der Waals surface area (Å²) in [6.07, 6.45) is 0.221. The summed E-state index contributed by atoms with van der Waals surface area (Å²) in [4.78, 5) is 0. The number of aliphatic hydroxyl groups excluding tert-OH is 1. The van der Waals surface area contributed by atoms with Crippen LogP contribution in [0, 0.1) is 5.41 Å². The number of hydrogen-bond donors (Lipinski definition) is 1. The van der Waals surface area contributed by atoms with E-state index in [2.05, 4.69) is 4.74 Å². The molecule has 90 valence electrons. The molecule has 0 amide bonds. The van der Waals surface area contributed by atoms with Gasteiger partial charge in [0.1, 0.15) is 6.61 Å². The van der Waals surface area contributed by atoms with Gasteiger partial charge < -0.3 is 9.84 Å². The van der Waals surface area contributed by atoms with E-state index in [0.717, 1.165) is 25.7 Å². The fourth-order valence-electron chi connectivity index (χ4n) is 1.90. The second-order valence-electron chi connectivity index (χ2n) is 4.28. The molecule has 1 aliphatic rings. The summed E-state index contributed by atoms with van der Waals surface area (Å²) in [5.74, 6) is 0. The predicted octanol–water partition coefficient (Wildman–Crippen LogP) is 2.51. The molecular formula is C10H17F3O2. The highest BCUT2D eigenvalue weighted by atomic mass is 19.4. The molecule has 1 rings (SSSR count). The van der Waals surface area contributed by atoms with E-state index in [1.165, 1.54) is 0 Å². The third kappa shape index (κ3) is 4.38. The van der Waals surface area contributed by atoms with Crippen LogP contribution in [0.2, 0.25) is 0 Å². The lowest BCUT2D eigenvalue weighted by molar-refractivity contribution is -0.174. The fourth-order valence-corrected chi connectivity index (χ4v) is 1.90. The zero-order chi connectivity index (χ0) is 11.4. The molecule has 5 heteroatoms. The molecule has 1 aliphatic carbocycles. The second kappa shape index (κ2) is 5.16. The Labute approximate surface area is 87.4 Å². The molecule has 0 unspecified atom stereocenters. The van der Waals surface area contributed by atoms with Crippen molar-refractivity contribution in [1.29, 1.82) is 0 Å². The van der Waals surface area contributed by atoms with Gasteiger partial charge in [-0.1, -0.05) is 6.42 Å². The lowest BCUT2D eigenvalue weighted by atomic mass is 9.67. The van der Waals surface area contributed by atoms with E-state index in [4.69, 9.17) is 5.11 Å². The summed E-state index contributed by atoms with van der Waals surface area (Å²) in [5.41, 5.74) is -0.0123. The minimum atomic E-state index is -4.23. The molecule has 15 heavy (non-hydrogen) atoms. The molecule has 0 heterocycles. The van der Waals surface area contributed by atoms with Crippen LogP contribution in [-0.2, 0) is 4.74 Å². The van der Waals surface area contributed by atoms with Crippen molar-refractivity contribution < 1.29 is 23.0 Å². The normalized spacial score (nSPS) is 20.0. The van der Waals surface area contributed by atoms with Crippen LogP contribution in [0.4, 0.5) is 13.2 Å². The lowest BCUT2D eigenvalue weighted by Crippen LogP contribution is -2.33. The largest absolute Gasteiger partial charge is 0.411 e. The van der Waals surface area contributed by atoms with Crippen LogP contribution in [0.1, 0.15) is 32.1 Å². The van der Waals surface area contributed by atoms with Gasteiger partial charge in [0.15, 0.2) is 0 Å².